The van der Waals surface area contributed by atoms with E-state index in [0.717, 1.165) is 28.9 Å². The molecule has 1 N–H and O–H groups in total. The Balaban J connectivity index is 1.33. The first-order chi connectivity index (χ1) is 18.1. The van der Waals surface area contributed by atoms with E-state index >= 15 is 0 Å². The highest BCUT2D eigenvalue weighted by molar-refractivity contribution is 8.00. The second-order valence-corrected chi connectivity index (χ2v) is 10.6. The summed E-state index contributed by atoms with van der Waals surface area (Å²) in [5, 5.41) is -0.0184. The zero-order chi connectivity index (χ0) is 25.8. The predicted octanol–water partition coefficient (Wildman–Crippen LogP) is 5.37. The quantitative estimate of drug-likeness (QED) is 0.181. The molecule has 3 atom stereocenters. The highest BCUT2D eigenvalue weighted by atomic mass is 32.2. The van der Waals surface area contributed by atoms with Gasteiger partial charge in [-0.3, -0.25) is 24.1 Å². The molecule has 0 saturated heterocycles. The summed E-state index contributed by atoms with van der Waals surface area (Å²) in [6.07, 6.45) is 3.08. The number of hydrogen-bond donors (Lipinski definition) is 1. The molecule has 1 heterocycles. The van der Waals surface area contributed by atoms with Gasteiger partial charge in [0.1, 0.15) is 0 Å². The Morgan fingerprint density at radius 3 is 2.19 bits per heavy atom. The lowest BCUT2D eigenvalue weighted by Gasteiger charge is -2.26. The number of fused-ring (bicyclic) bond motifs is 1. The van der Waals surface area contributed by atoms with Gasteiger partial charge in [-0.1, -0.05) is 60.7 Å². The van der Waals surface area contributed by atoms with E-state index in [2.05, 4.69) is 48.5 Å². The van der Waals surface area contributed by atoms with Crippen molar-refractivity contribution in [1.29, 1.82) is 0 Å². The average Bonchev–Trinajstić information content (AvgIpc) is 3.44. The summed E-state index contributed by atoms with van der Waals surface area (Å²) in [6.45, 7) is 4.01. The van der Waals surface area contributed by atoms with Gasteiger partial charge in [0.25, 0.3) is 11.8 Å². The first-order valence-electron chi connectivity index (χ1n) is 12.4. The molecule has 7 heteroatoms. The van der Waals surface area contributed by atoms with Crippen LogP contribution in [-0.4, -0.2) is 41.0 Å². The van der Waals surface area contributed by atoms with Crippen LogP contribution in [0, 0.1) is 11.8 Å². The Morgan fingerprint density at radius 2 is 1.54 bits per heavy atom. The molecule has 3 aromatic rings. The van der Waals surface area contributed by atoms with Gasteiger partial charge in [0, 0.05) is 16.7 Å². The number of carbonyl (C=O) groups is 3. The molecular formula is C30H28N2O4S. The lowest BCUT2D eigenvalue weighted by Crippen LogP contribution is -2.42. The van der Waals surface area contributed by atoms with E-state index in [1.165, 1.54) is 4.90 Å². The summed E-state index contributed by atoms with van der Waals surface area (Å²) < 4.78 is 0. The number of imide groups is 1. The van der Waals surface area contributed by atoms with Crippen LogP contribution in [0.25, 0.3) is 11.1 Å². The third-order valence-corrected chi connectivity index (χ3v) is 8.33. The van der Waals surface area contributed by atoms with Gasteiger partial charge in [-0.2, -0.15) is 0 Å². The van der Waals surface area contributed by atoms with Gasteiger partial charge in [0.2, 0.25) is 5.91 Å². The molecule has 37 heavy (non-hydrogen) atoms. The molecule has 5 rings (SSSR count). The van der Waals surface area contributed by atoms with Crippen LogP contribution in [0.3, 0.4) is 0 Å². The summed E-state index contributed by atoms with van der Waals surface area (Å²) in [5.74, 6) is -1.42. The van der Waals surface area contributed by atoms with Crippen molar-refractivity contribution in [3.63, 3.8) is 0 Å². The fraction of sp³-hybridized carbons (Fsp3) is 0.233. The van der Waals surface area contributed by atoms with Crippen molar-refractivity contribution in [3.05, 3.63) is 103 Å². The lowest BCUT2D eigenvalue weighted by molar-refractivity contribution is -0.137. The molecule has 2 aliphatic rings. The van der Waals surface area contributed by atoms with E-state index in [9.17, 15) is 14.4 Å². The minimum Gasteiger partial charge on any atom is -0.274 e. The van der Waals surface area contributed by atoms with E-state index in [1.807, 2.05) is 18.2 Å². The maximum atomic E-state index is 13.3. The third kappa shape index (κ3) is 5.24. The summed E-state index contributed by atoms with van der Waals surface area (Å²) in [5.41, 5.74) is 5.68. The van der Waals surface area contributed by atoms with Crippen LogP contribution in [-0.2, 0) is 9.63 Å². The van der Waals surface area contributed by atoms with Crippen molar-refractivity contribution >= 4 is 29.5 Å². The Labute approximate surface area is 220 Å². The van der Waals surface area contributed by atoms with E-state index in [0.29, 0.717) is 11.1 Å². The van der Waals surface area contributed by atoms with Gasteiger partial charge >= 0.3 is 0 Å². The first kappa shape index (κ1) is 25.0. The van der Waals surface area contributed by atoms with Crippen LogP contribution in [0.2, 0.25) is 0 Å². The standard InChI is InChI=1S/C30H28N2O4S/c1-2-18-36-31-28(33)27-22(19-32-29(34)24-10-6-7-11-25(24)30(32)35)14-17-26(27)37-23-15-12-21(13-16-23)20-8-4-3-5-9-20/h2-13,15-16,22,26-27H,1,14,17-19H2,(H,31,33)/t22-,26-,27-/m0/s1. The molecule has 0 bridgehead atoms. The topological polar surface area (TPSA) is 75.7 Å². The van der Waals surface area contributed by atoms with Crippen molar-refractivity contribution in [1.82, 2.24) is 10.4 Å². The molecule has 3 amide bonds. The second-order valence-electron chi connectivity index (χ2n) is 9.24. The smallest absolute Gasteiger partial charge is 0.261 e. The highest BCUT2D eigenvalue weighted by Gasteiger charge is 2.45. The summed E-state index contributed by atoms with van der Waals surface area (Å²) in [4.78, 5) is 46.8. The molecule has 188 valence electrons. The molecule has 0 aromatic heterocycles. The molecule has 1 aliphatic carbocycles. The number of nitrogens with zero attached hydrogens (tertiary/aromatic N) is 1. The van der Waals surface area contributed by atoms with Crippen molar-refractivity contribution in [2.24, 2.45) is 11.8 Å². The number of thioether (sulfide) groups is 1. The molecule has 3 aromatic carbocycles. The van der Waals surface area contributed by atoms with E-state index < -0.39 is 5.92 Å². The fourth-order valence-corrected chi connectivity index (χ4v) is 6.56. The van der Waals surface area contributed by atoms with Gasteiger partial charge < -0.3 is 0 Å². The average molecular weight is 513 g/mol. The summed E-state index contributed by atoms with van der Waals surface area (Å²) in [7, 11) is 0. The number of carbonyl (C=O) groups excluding carboxylic acids is 3. The molecule has 1 fully saturated rings. The number of rotatable bonds is 9. The largest absolute Gasteiger partial charge is 0.274 e. The molecule has 0 spiro atoms. The molecule has 6 nitrogen and oxygen atoms in total. The van der Waals surface area contributed by atoms with Gasteiger partial charge in [-0.15, -0.1) is 18.3 Å². The SMILES string of the molecule is C=CCONC(=O)[C@H]1[C@H](CN2C(=O)c3ccccc3C2=O)CC[C@@H]1Sc1ccc(-c2ccccc2)cc1. The van der Waals surface area contributed by atoms with Crippen LogP contribution < -0.4 is 5.48 Å². The predicted molar refractivity (Wildman–Crippen MR) is 144 cm³/mol. The van der Waals surface area contributed by atoms with Crippen LogP contribution in [0.5, 0.6) is 0 Å². The Hall–Kier alpha value is -3.68. The van der Waals surface area contributed by atoms with Crippen LogP contribution in [0.15, 0.2) is 96.4 Å². The fourth-order valence-electron chi connectivity index (χ4n) is 5.17. The van der Waals surface area contributed by atoms with Crippen molar-refractivity contribution in [3.8, 4) is 11.1 Å². The number of hydrogen-bond acceptors (Lipinski definition) is 5. The van der Waals surface area contributed by atoms with E-state index in [1.54, 1.807) is 42.1 Å². The van der Waals surface area contributed by atoms with E-state index in [-0.39, 0.29) is 42.0 Å². The minimum absolute atomic E-state index is 0.0184. The normalized spacial score (nSPS) is 20.6. The molecule has 0 radical (unpaired) electrons. The molecule has 0 unspecified atom stereocenters. The molecular weight excluding hydrogens is 484 g/mol. The number of benzene rings is 3. The first-order valence-corrected chi connectivity index (χ1v) is 13.2. The number of amides is 3. The van der Waals surface area contributed by atoms with Crippen LogP contribution in [0.4, 0.5) is 0 Å². The Bertz CT molecular complexity index is 1270. The Morgan fingerprint density at radius 1 is 0.919 bits per heavy atom. The maximum Gasteiger partial charge on any atom is 0.261 e. The van der Waals surface area contributed by atoms with Gasteiger partial charge in [-0.05, 0) is 54.2 Å². The van der Waals surface area contributed by atoms with Gasteiger partial charge in [-0.25, -0.2) is 5.48 Å². The van der Waals surface area contributed by atoms with Gasteiger partial charge in [0.05, 0.1) is 23.7 Å². The third-order valence-electron chi connectivity index (χ3n) is 6.95. The number of hydroxylamine groups is 1. The van der Waals surface area contributed by atoms with Gasteiger partial charge in [0.15, 0.2) is 0 Å². The lowest BCUT2D eigenvalue weighted by atomic mass is 9.94. The highest BCUT2D eigenvalue weighted by Crippen LogP contribution is 2.44. The van der Waals surface area contributed by atoms with E-state index in [4.69, 9.17) is 4.84 Å². The summed E-state index contributed by atoms with van der Waals surface area (Å²) in [6, 6.07) is 25.4. The molecule has 1 saturated carbocycles. The zero-order valence-electron chi connectivity index (χ0n) is 20.3. The minimum atomic E-state index is -0.423. The van der Waals surface area contributed by atoms with Crippen molar-refractivity contribution in [2.75, 3.05) is 13.2 Å². The maximum absolute atomic E-state index is 13.3. The second kappa shape index (κ2) is 11.2. The summed E-state index contributed by atoms with van der Waals surface area (Å²) >= 11 is 1.66. The Kier molecular flexibility index (Phi) is 7.53. The number of nitrogens with one attached hydrogen (secondary N) is 1. The van der Waals surface area contributed by atoms with Crippen molar-refractivity contribution < 1.29 is 19.2 Å². The molecule has 1 aliphatic heterocycles. The zero-order valence-corrected chi connectivity index (χ0v) is 21.2. The van der Waals surface area contributed by atoms with Crippen molar-refractivity contribution in [2.45, 2.75) is 23.0 Å². The monoisotopic (exact) mass is 512 g/mol. The van der Waals surface area contributed by atoms with Crippen LogP contribution in [0.1, 0.15) is 33.6 Å². The van der Waals surface area contributed by atoms with Crippen LogP contribution >= 0.6 is 11.8 Å².